The van der Waals surface area contributed by atoms with Crippen molar-refractivity contribution in [1.29, 1.82) is 0 Å². The third-order valence-electron chi connectivity index (χ3n) is 3.46. The molecule has 1 heterocycles. The van der Waals surface area contributed by atoms with Gasteiger partial charge in [-0.15, -0.1) is 0 Å². The molecule has 4 nitrogen and oxygen atoms in total. The molecule has 1 rings (SSSR count). The Morgan fingerprint density at radius 1 is 1.44 bits per heavy atom. The van der Waals surface area contributed by atoms with E-state index in [2.05, 4.69) is 9.88 Å². The first kappa shape index (κ1) is 14.8. The van der Waals surface area contributed by atoms with Gasteiger partial charge < -0.3 is 15.6 Å². The highest BCUT2D eigenvalue weighted by Crippen LogP contribution is 2.19. The Labute approximate surface area is 110 Å². The Kier molecular flexibility index (Phi) is 4.57. The number of nitrogens with one attached hydrogen (secondary N) is 1. The average Bonchev–Trinajstić information content (AvgIpc) is 2.56. The number of amides is 1. The zero-order valence-corrected chi connectivity index (χ0v) is 12.1. The fourth-order valence-corrected chi connectivity index (χ4v) is 1.61. The van der Waals surface area contributed by atoms with Crippen LogP contribution in [-0.4, -0.2) is 16.5 Å². The first-order valence-electron chi connectivity index (χ1n) is 6.35. The summed E-state index contributed by atoms with van der Waals surface area (Å²) in [5, 5.41) is 2.92. The number of nitrogens with two attached hydrogens (primary N) is 1. The number of carbonyl (C=O) groups excluding carboxylic acids is 1. The van der Waals surface area contributed by atoms with Gasteiger partial charge in [-0.3, -0.25) is 4.79 Å². The predicted molar refractivity (Wildman–Crippen MR) is 74.0 cm³/mol. The van der Waals surface area contributed by atoms with Crippen molar-refractivity contribution >= 4 is 5.91 Å². The molecule has 4 heteroatoms. The molecule has 1 amide bonds. The Morgan fingerprint density at radius 3 is 2.50 bits per heavy atom. The minimum Gasteiger partial charge on any atom is -0.350 e. The summed E-state index contributed by atoms with van der Waals surface area (Å²) in [6, 6.07) is 3.95. The summed E-state index contributed by atoms with van der Waals surface area (Å²) in [5.41, 5.74) is 8.23. The topological polar surface area (TPSA) is 60.1 Å². The number of aromatic nitrogens is 1. The molecule has 0 spiro atoms. The molecular weight excluding hydrogens is 226 g/mol. The minimum atomic E-state index is -0.118. The van der Waals surface area contributed by atoms with Gasteiger partial charge in [0.1, 0.15) is 0 Å². The predicted octanol–water partition coefficient (Wildman–Crippen LogP) is 1.71. The highest BCUT2D eigenvalue weighted by Gasteiger charge is 2.22. The monoisotopic (exact) mass is 251 g/mol. The molecule has 1 aromatic rings. The van der Waals surface area contributed by atoms with E-state index >= 15 is 0 Å². The van der Waals surface area contributed by atoms with Gasteiger partial charge >= 0.3 is 0 Å². The molecule has 18 heavy (non-hydrogen) atoms. The lowest BCUT2D eigenvalue weighted by Gasteiger charge is -2.26. The van der Waals surface area contributed by atoms with E-state index in [4.69, 9.17) is 5.73 Å². The molecule has 0 bridgehead atoms. The molecule has 0 aliphatic carbocycles. The smallest absolute Gasteiger partial charge is 0.221 e. The maximum atomic E-state index is 11.8. The van der Waals surface area contributed by atoms with Crippen molar-refractivity contribution in [2.24, 2.45) is 18.2 Å². The van der Waals surface area contributed by atoms with Crippen LogP contribution in [0, 0.1) is 12.3 Å². The van der Waals surface area contributed by atoms with E-state index in [0.717, 1.165) is 5.69 Å². The molecule has 1 aromatic heterocycles. The lowest BCUT2D eigenvalue weighted by Crippen LogP contribution is -2.40. The van der Waals surface area contributed by atoms with Crippen LogP contribution in [0.1, 0.15) is 38.6 Å². The first-order valence-corrected chi connectivity index (χ1v) is 6.35. The van der Waals surface area contributed by atoms with Crippen molar-refractivity contribution in [2.75, 3.05) is 0 Å². The molecule has 0 aromatic carbocycles. The maximum absolute atomic E-state index is 11.8. The second kappa shape index (κ2) is 5.57. The van der Waals surface area contributed by atoms with Crippen LogP contribution in [0.15, 0.2) is 12.1 Å². The van der Waals surface area contributed by atoms with Crippen LogP contribution in [0.4, 0.5) is 0 Å². The van der Waals surface area contributed by atoms with E-state index in [0.29, 0.717) is 13.0 Å². The number of carbonyl (C=O) groups is 1. The number of nitrogens with zero attached hydrogens (tertiary/aromatic N) is 1. The number of aryl methyl sites for hydroxylation is 1. The van der Waals surface area contributed by atoms with Crippen molar-refractivity contribution in [3.05, 3.63) is 23.5 Å². The summed E-state index contributed by atoms with van der Waals surface area (Å²) in [4.78, 5) is 11.8. The van der Waals surface area contributed by atoms with Gasteiger partial charge in [0.2, 0.25) is 5.91 Å². The SMILES string of the molecule is Cc1ccc(CNC(=O)CC(N)C(C)(C)C)n1C. The molecule has 1 atom stereocenters. The third kappa shape index (κ3) is 3.88. The molecule has 0 saturated carbocycles. The molecular formula is C14H25N3O. The van der Waals surface area contributed by atoms with Crippen molar-refractivity contribution in [3.63, 3.8) is 0 Å². The molecule has 0 aliphatic heterocycles. The fourth-order valence-electron chi connectivity index (χ4n) is 1.61. The summed E-state index contributed by atoms with van der Waals surface area (Å²) >= 11 is 0. The Balaban J connectivity index is 2.45. The molecule has 0 aliphatic rings. The Morgan fingerprint density at radius 2 is 2.06 bits per heavy atom. The second-order valence-corrected chi connectivity index (χ2v) is 5.98. The molecule has 0 fully saturated rings. The van der Waals surface area contributed by atoms with Crippen LogP contribution in [-0.2, 0) is 18.4 Å². The number of rotatable bonds is 4. The van der Waals surface area contributed by atoms with Crippen LogP contribution >= 0.6 is 0 Å². The van der Waals surface area contributed by atoms with Gasteiger partial charge in [-0.05, 0) is 24.5 Å². The summed E-state index contributed by atoms with van der Waals surface area (Å²) in [6.45, 7) is 8.74. The lowest BCUT2D eigenvalue weighted by atomic mass is 9.85. The van der Waals surface area contributed by atoms with E-state index < -0.39 is 0 Å². The van der Waals surface area contributed by atoms with Gasteiger partial charge in [0, 0.05) is 30.9 Å². The van der Waals surface area contributed by atoms with Crippen molar-refractivity contribution in [2.45, 2.75) is 46.7 Å². The van der Waals surface area contributed by atoms with Gasteiger partial charge in [0.05, 0.1) is 6.54 Å². The van der Waals surface area contributed by atoms with E-state index in [1.165, 1.54) is 5.69 Å². The highest BCUT2D eigenvalue weighted by molar-refractivity contribution is 5.76. The average molecular weight is 251 g/mol. The molecule has 1 unspecified atom stereocenters. The van der Waals surface area contributed by atoms with Crippen LogP contribution in [0.25, 0.3) is 0 Å². The van der Waals surface area contributed by atoms with E-state index in [-0.39, 0.29) is 17.4 Å². The quantitative estimate of drug-likeness (QED) is 0.856. The largest absolute Gasteiger partial charge is 0.350 e. The fraction of sp³-hybridized carbons (Fsp3) is 0.643. The first-order chi connectivity index (χ1) is 8.21. The van der Waals surface area contributed by atoms with Gasteiger partial charge in [0.25, 0.3) is 0 Å². The van der Waals surface area contributed by atoms with Crippen molar-refractivity contribution in [3.8, 4) is 0 Å². The zero-order valence-electron chi connectivity index (χ0n) is 12.1. The summed E-state index contributed by atoms with van der Waals surface area (Å²) in [5.74, 6) is 0.0104. The normalized spacial score (nSPS) is 13.4. The van der Waals surface area contributed by atoms with Crippen molar-refractivity contribution in [1.82, 2.24) is 9.88 Å². The third-order valence-corrected chi connectivity index (χ3v) is 3.46. The van der Waals surface area contributed by atoms with Crippen LogP contribution < -0.4 is 11.1 Å². The minimum absolute atomic E-state index is 0.0104. The zero-order chi connectivity index (χ0) is 13.9. The highest BCUT2D eigenvalue weighted by atomic mass is 16.1. The Hall–Kier alpha value is -1.29. The molecule has 0 saturated heterocycles. The van der Waals surface area contributed by atoms with Crippen molar-refractivity contribution < 1.29 is 4.79 Å². The molecule has 0 radical (unpaired) electrons. The number of hydrogen-bond donors (Lipinski definition) is 2. The summed E-state index contributed by atoms with van der Waals surface area (Å²) in [7, 11) is 2.00. The van der Waals surface area contributed by atoms with Gasteiger partial charge in [-0.1, -0.05) is 20.8 Å². The van der Waals surface area contributed by atoms with Gasteiger partial charge in [-0.2, -0.15) is 0 Å². The van der Waals surface area contributed by atoms with E-state index in [9.17, 15) is 4.79 Å². The van der Waals surface area contributed by atoms with E-state index in [1.54, 1.807) is 0 Å². The number of hydrogen-bond acceptors (Lipinski definition) is 2. The standard InChI is InChI=1S/C14H25N3O/c1-10-6-7-11(17(10)5)9-16-13(18)8-12(15)14(2,3)4/h6-7,12H,8-9,15H2,1-5H3,(H,16,18). The van der Waals surface area contributed by atoms with Gasteiger partial charge in [0.15, 0.2) is 0 Å². The van der Waals surface area contributed by atoms with Crippen LogP contribution in [0.5, 0.6) is 0 Å². The van der Waals surface area contributed by atoms with Gasteiger partial charge in [-0.25, -0.2) is 0 Å². The molecule has 3 N–H and O–H groups in total. The van der Waals surface area contributed by atoms with Crippen LogP contribution in [0.2, 0.25) is 0 Å². The summed E-state index contributed by atoms with van der Waals surface area (Å²) < 4.78 is 2.07. The summed E-state index contributed by atoms with van der Waals surface area (Å²) in [6.07, 6.45) is 0.368. The van der Waals surface area contributed by atoms with E-state index in [1.807, 2.05) is 46.9 Å². The van der Waals surface area contributed by atoms with Crippen LogP contribution in [0.3, 0.4) is 0 Å². The maximum Gasteiger partial charge on any atom is 0.221 e. The molecule has 102 valence electrons. The lowest BCUT2D eigenvalue weighted by molar-refractivity contribution is -0.122. The Bertz CT molecular complexity index is 415. The second-order valence-electron chi connectivity index (χ2n) is 5.98.